The van der Waals surface area contributed by atoms with Crippen LogP contribution in [0.25, 0.3) is 11.4 Å². The summed E-state index contributed by atoms with van der Waals surface area (Å²) in [6.45, 7) is 3.67. The zero-order valence-electron chi connectivity index (χ0n) is 16.6. The van der Waals surface area contributed by atoms with Crippen LogP contribution >= 0.6 is 0 Å². The molecule has 2 aromatic carbocycles. The Bertz CT molecular complexity index is 1040. The van der Waals surface area contributed by atoms with Gasteiger partial charge in [-0.3, -0.25) is 14.2 Å². The van der Waals surface area contributed by atoms with Gasteiger partial charge in [0.15, 0.2) is 0 Å². The Balaban J connectivity index is 1.79. The zero-order chi connectivity index (χ0) is 20.8. The lowest BCUT2D eigenvalue weighted by atomic mass is 10.1. The minimum Gasteiger partial charge on any atom is -0.325 e. The Morgan fingerprint density at radius 2 is 1.79 bits per heavy atom. The summed E-state index contributed by atoms with van der Waals surface area (Å²) in [6.07, 6.45) is 3.27. The maximum Gasteiger partial charge on any atom is 0.254 e. The topological polar surface area (TPSA) is 64.0 Å². The zero-order valence-corrected chi connectivity index (χ0v) is 16.6. The van der Waals surface area contributed by atoms with Crippen molar-refractivity contribution < 1.29 is 9.18 Å². The molecule has 3 aromatic rings. The summed E-state index contributed by atoms with van der Waals surface area (Å²) in [7, 11) is 0. The van der Waals surface area contributed by atoms with Crippen molar-refractivity contribution in [1.82, 2.24) is 9.55 Å². The second-order valence-electron chi connectivity index (χ2n) is 7.00. The van der Waals surface area contributed by atoms with E-state index in [9.17, 15) is 14.0 Å². The van der Waals surface area contributed by atoms with Crippen molar-refractivity contribution >= 4 is 11.6 Å². The van der Waals surface area contributed by atoms with E-state index in [2.05, 4.69) is 17.2 Å². The number of unbranched alkanes of at least 4 members (excludes halogenated alkanes) is 1. The van der Waals surface area contributed by atoms with Crippen LogP contribution in [0.15, 0.2) is 59.4 Å². The maximum atomic E-state index is 13.3. The minimum absolute atomic E-state index is 0.184. The number of aryl methyl sites for hydroxylation is 2. The molecule has 0 aliphatic rings. The van der Waals surface area contributed by atoms with E-state index in [-0.39, 0.29) is 23.8 Å². The van der Waals surface area contributed by atoms with Crippen LogP contribution in [0.2, 0.25) is 0 Å². The Labute approximate surface area is 169 Å². The number of rotatable bonds is 7. The van der Waals surface area contributed by atoms with Crippen molar-refractivity contribution in [2.45, 2.75) is 39.7 Å². The fraction of sp³-hybridized carbons (Fsp3) is 0.261. The molecule has 0 saturated carbocycles. The highest BCUT2D eigenvalue weighted by molar-refractivity contribution is 5.90. The summed E-state index contributed by atoms with van der Waals surface area (Å²) in [4.78, 5) is 29.5. The second-order valence-corrected chi connectivity index (χ2v) is 7.00. The third kappa shape index (κ3) is 5.38. The van der Waals surface area contributed by atoms with E-state index < -0.39 is 0 Å². The molecule has 6 heteroatoms. The van der Waals surface area contributed by atoms with Crippen molar-refractivity contribution in [1.29, 1.82) is 0 Å². The summed E-state index contributed by atoms with van der Waals surface area (Å²) in [5.74, 6) is -0.377. The predicted molar refractivity (Wildman–Crippen MR) is 112 cm³/mol. The fourth-order valence-electron chi connectivity index (χ4n) is 3.07. The number of carbonyl (C=O) groups is 1. The summed E-state index contributed by atoms with van der Waals surface area (Å²) >= 11 is 0. The van der Waals surface area contributed by atoms with Gasteiger partial charge in [-0.1, -0.05) is 25.5 Å². The van der Waals surface area contributed by atoms with Gasteiger partial charge >= 0.3 is 0 Å². The number of nitrogens with zero attached hydrogens (tertiary/aromatic N) is 2. The lowest BCUT2D eigenvalue weighted by Crippen LogP contribution is -2.29. The lowest BCUT2D eigenvalue weighted by molar-refractivity contribution is -0.116. The average Bonchev–Trinajstić information content (AvgIpc) is 2.70. The van der Waals surface area contributed by atoms with E-state index in [0.717, 1.165) is 19.3 Å². The van der Waals surface area contributed by atoms with Gasteiger partial charge in [-0.15, -0.1) is 0 Å². The van der Waals surface area contributed by atoms with Gasteiger partial charge in [-0.05, 0) is 61.7 Å². The van der Waals surface area contributed by atoms with Crippen LogP contribution in [0.3, 0.4) is 0 Å². The highest BCUT2D eigenvalue weighted by Crippen LogP contribution is 2.17. The summed E-state index contributed by atoms with van der Waals surface area (Å²) in [6, 6.07) is 14.8. The van der Waals surface area contributed by atoms with E-state index in [0.29, 0.717) is 22.8 Å². The highest BCUT2D eigenvalue weighted by Gasteiger charge is 2.13. The maximum absolute atomic E-state index is 13.3. The fourth-order valence-corrected chi connectivity index (χ4v) is 3.07. The van der Waals surface area contributed by atoms with Gasteiger partial charge in [0.05, 0.1) is 0 Å². The van der Waals surface area contributed by atoms with E-state index in [4.69, 9.17) is 0 Å². The van der Waals surface area contributed by atoms with Crippen LogP contribution in [0.4, 0.5) is 10.1 Å². The monoisotopic (exact) mass is 393 g/mol. The van der Waals surface area contributed by atoms with Crippen molar-refractivity contribution in [2.75, 3.05) is 5.32 Å². The third-order valence-corrected chi connectivity index (χ3v) is 4.60. The standard InChI is InChI=1S/C23H24FN3O2/c1-3-4-5-17-6-12-20(13-7-17)26-21(28)15-27-22(29)14-16(2)25-23(27)18-8-10-19(24)11-9-18/h6-14H,3-5,15H2,1-2H3,(H,26,28). The third-order valence-electron chi connectivity index (χ3n) is 4.60. The molecule has 0 bridgehead atoms. The molecule has 0 aliphatic carbocycles. The van der Waals surface area contributed by atoms with Crippen molar-refractivity contribution in [2.24, 2.45) is 0 Å². The van der Waals surface area contributed by atoms with E-state index >= 15 is 0 Å². The molecule has 0 atom stereocenters. The first-order valence-electron chi connectivity index (χ1n) is 9.69. The molecule has 1 aromatic heterocycles. The summed E-state index contributed by atoms with van der Waals surface area (Å²) in [5, 5.41) is 2.82. The Morgan fingerprint density at radius 1 is 1.10 bits per heavy atom. The van der Waals surface area contributed by atoms with Crippen molar-refractivity contribution in [3.8, 4) is 11.4 Å². The molecule has 0 fully saturated rings. The van der Waals surface area contributed by atoms with Crippen LogP contribution in [0.5, 0.6) is 0 Å². The average molecular weight is 393 g/mol. The minimum atomic E-state index is -0.379. The van der Waals surface area contributed by atoms with Crippen LogP contribution < -0.4 is 10.9 Å². The number of anilines is 1. The number of hydrogen-bond acceptors (Lipinski definition) is 3. The molecule has 0 unspecified atom stereocenters. The molecular formula is C23H24FN3O2. The van der Waals surface area contributed by atoms with E-state index in [1.165, 1.54) is 28.3 Å². The number of amides is 1. The molecule has 0 radical (unpaired) electrons. The van der Waals surface area contributed by atoms with E-state index in [1.54, 1.807) is 19.1 Å². The second kappa shape index (κ2) is 9.28. The molecule has 150 valence electrons. The van der Waals surface area contributed by atoms with Gasteiger partial charge < -0.3 is 5.32 Å². The van der Waals surface area contributed by atoms with Crippen molar-refractivity contribution in [3.05, 3.63) is 82.0 Å². The van der Waals surface area contributed by atoms with Crippen LogP contribution in [0.1, 0.15) is 31.0 Å². The Morgan fingerprint density at radius 3 is 2.45 bits per heavy atom. The van der Waals surface area contributed by atoms with E-state index in [1.807, 2.05) is 24.3 Å². The first-order valence-corrected chi connectivity index (χ1v) is 9.69. The van der Waals surface area contributed by atoms with Crippen LogP contribution in [-0.2, 0) is 17.8 Å². The molecule has 5 nitrogen and oxygen atoms in total. The van der Waals surface area contributed by atoms with Gasteiger partial charge in [0, 0.05) is 23.0 Å². The number of nitrogens with one attached hydrogen (secondary N) is 1. The van der Waals surface area contributed by atoms with Gasteiger partial charge in [-0.25, -0.2) is 9.37 Å². The number of halogens is 1. The molecule has 0 aliphatic heterocycles. The summed E-state index contributed by atoms with van der Waals surface area (Å²) in [5.41, 5.74) is 2.67. The normalized spacial score (nSPS) is 10.7. The highest BCUT2D eigenvalue weighted by atomic mass is 19.1. The first-order chi connectivity index (χ1) is 14.0. The molecule has 29 heavy (non-hydrogen) atoms. The van der Waals surface area contributed by atoms with Gasteiger partial charge in [0.25, 0.3) is 5.56 Å². The smallest absolute Gasteiger partial charge is 0.254 e. The quantitative estimate of drug-likeness (QED) is 0.649. The van der Waals surface area contributed by atoms with Crippen molar-refractivity contribution in [3.63, 3.8) is 0 Å². The molecular weight excluding hydrogens is 369 g/mol. The van der Waals surface area contributed by atoms with Crippen LogP contribution in [-0.4, -0.2) is 15.5 Å². The number of benzene rings is 2. The van der Waals surface area contributed by atoms with Gasteiger partial charge in [0.1, 0.15) is 18.2 Å². The molecule has 1 N–H and O–H groups in total. The number of hydrogen-bond donors (Lipinski definition) is 1. The Kier molecular flexibility index (Phi) is 6.54. The molecule has 3 rings (SSSR count). The molecule has 1 amide bonds. The lowest BCUT2D eigenvalue weighted by Gasteiger charge is -2.13. The molecule has 1 heterocycles. The number of aromatic nitrogens is 2. The molecule has 0 spiro atoms. The summed E-state index contributed by atoms with van der Waals surface area (Å²) < 4.78 is 14.6. The largest absolute Gasteiger partial charge is 0.325 e. The SMILES string of the molecule is CCCCc1ccc(NC(=O)Cn2c(-c3ccc(F)cc3)nc(C)cc2=O)cc1. The van der Waals surface area contributed by atoms with Gasteiger partial charge in [-0.2, -0.15) is 0 Å². The molecule has 0 saturated heterocycles. The predicted octanol–water partition coefficient (Wildman–Crippen LogP) is 4.34. The number of carbonyl (C=O) groups excluding carboxylic acids is 1. The van der Waals surface area contributed by atoms with Gasteiger partial charge in [0.2, 0.25) is 5.91 Å². The Hall–Kier alpha value is -3.28. The van der Waals surface area contributed by atoms with Crippen LogP contribution in [0, 0.1) is 12.7 Å². The first kappa shape index (κ1) is 20.5.